The average molecular weight is 450 g/mol. The molecule has 7 heteroatoms. The van der Waals surface area contributed by atoms with Gasteiger partial charge in [0.2, 0.25) is 0 Å². The van der Waals surface area contributed by atoms with E-state index in [1.54, 1.807) is 18.5 Å². The zero-order valence-corrected chi connectivity index (χ0v) is 19.2. The van der Waals surface area contributed by atoms with Crippen LogP contribution in [-0.2, 0) is 24.8 Å². The molecule has 0 aliphatic heterocycles. The minimum atomic E-state index is -1.41. The molecule has 1 atom stereocenters. The molecule has 3 rings (SSSR count). The number of rotatable bonds is 12. The number of hydrogen-bond donors (Lipinski definition) is 2. The van der Waals surface area contributed by atoms with Crippen molar-refractivity contribution in [2.24, 2.45) is 13.0 Å². The number of Topliss-reactive ketones (excluding diaryl/α,β-unsaturated/α-hetero) is 1. The topological polar surface area (TPSA) is 108 Å². The van der Waals surface area contributed by atoms with Crippen molar-refractivity contribution < 1.29 is 19.7 Å². The Morgan fingerprint density at radius 2 is 2.09 bits per heavy atom. The second-order valence-corrected chi connectivity index (χ2v) is 8.54. The minimum Gasteiger partial charge on any atom is -0.377 e. The van der Waals surface area contributed by atoms with Crippen molar-refractivity contribution in [1.29, 1.82) is 5.26 Å². The van der Waals surface area contributed by atoms with Crippen molar-refractivity contribution in [3.63, 3.8) is 0 Å². The first kappa shape index (κ1) is 24.6. The third-order valence-electron chi connectivity index (χ3n) is 5.83. The number of aliphatic hydroxyl groups excluding tert-OH is 1. The summed E-state index contributed by atoms with van der Waals surface area (Å²) in [6, 6.07) is 11.4. The Kier molecular flexibility index (Phi) is 8.72. The smallest absolute Gasteiger partial charge is 0.165 e. The van der Waals surface area contributed by atoms with Crippen LogP contribution in [-0.4, -0.2) is 38.4 Å². The fourth-order valence-electron chi connectivity index (χ4n) is 4.22. The number of aryl methyl sites for hydroxylation is 1. The standard InChI is InChI=1S/C26H31N3O4/c1-18(13-25(31)32)12-24(30)26-21-16-28-10-9-22(21)29(2)23(26)8-3-4-11-33-17-20-7-5-6-19(14-20)15-27/h5-7,9-10,14,16,18,25,31-32H,3-4,8,11-13,17H2,1-2H3/t18-/m0/s1. The molecule has 0 aliphatic carbocycles. The fraction of sp³-hybridized carbons (Fsp3) is 0.423. The zero-order valence-electron chi connectivity index (χ0n) is 19.2. The highest BCUT2D eigenvalue weighted by molar-refractivity contribution is 6.09. The van der Waals surface area contributed by atoms with Gasteiger partial charge in [-0.2, -0.15) is 5.26 Å². The molecule has 0 saturated heterocycles. The van der Waals surface area contributed by atoms with Gasteiger partial charge in [-0.1, -0.05) is 19.1 Å². The highest BCUT2D eigenvalue weighted by Gasteiger charge is 2.23. The molecule has 2 aromatic heterocycles. The summed E-state index contributed by atoms with van der Waals surface area (Å²) in [6.45, 7) is 2.91. The SMILES string of the molecule is C[C@@H](CC(=O)c1c(CCCCOCc2cccc(C#N)c2)n(C)c2ccncc12)CC(O)O. The number of pyridine rings is 1. The van der Waals surface area contributed by atoms with Gasteiger partial charge >= 0.3 is 0 Å². The van der Waals surface area contributed by atoms with Gasteiger partial charge in [0.05, 0.1) is 23.8 Å². The maximum absolute atomic E-state index is 13.2. The van der Waals surface area contributed by atoms with Crippen LogP contribution in [0.25, 0.3) is 10.9 Å². The maximum atomic E-state index is 13.2. The number of nitrogens with zero attached hydrogens (tertiary/aromatic N) is 3. The molecule has 0 fully saturated rings. The molecule has 0 unspecified atom stereocenters. The van der Waals surface area contributed by atoms with E-state index in [4.69, 9.17) is 10.00 Å². The van der Waals surface area contributed by atoms with Gasteiger partial charge in [-0.05, 0) is 48.9 Å². The van der Waals surface area contributed by atoms with Crippen molar-refractivity contribution in [1.82, 2.24) is 9.55 Å². The lowest BCUT2D eigenvalue weighted by molar-refractivity contribution is -0.0543. The normalized spacial score (nSPS) is 12.2. The molecule has 33 heavy (non-hydrogen) atoms. The molecule has 0 amide bonds. The number of ether oxygens (including phenoxy) is 1. The van der Waals surface area contributed by atoms with Crippen molar-refractivity contribution in [2.75, 3.05) is 6.61 Å². The predicted molar refractivity (Wildman–Crippen MR) is 125 cm³/mol. The molecule has 7 nitrogen and oxygen atoms in total. The van der Waals surface area contributed by atoms with Crippen LogP contribution in [0.5, 0.6) is 0 Å². The van der Waals surface area contributed by atoms with Crippen LogP contribution < -0.4 is 0 Å². The molecule has 0 radical (unpaired) electrons. The average Bonchev–Trinajstić information content (AvgIpc) is 3.07. The van der Waals surface area contributed by atoms with Crippen LogP contribution >= 0.6 is 0 Å². The molecule has 0 aliphatic rings. The lowest BCUT2D eigenvalue weighted by atomic mass is 9.94. The van der Waals surface area contributed by atoms with Gasteiger partial charge in [0.1, 0.15) is 0 Å². The van der Waals surface area contributed by atoms with Gasteiger partial charge in [-0.15, -0.1) is 0 Å². The Labute approximate surface area is 194 Å². The van der Waals surface area contributed by atoms with E-state index in [0.29, 0.717) is 24.3 Å². The zero-order chi connectivity index (χ0) is 23.8. The Hall–Kier alpha value is -3.05. The monoisotopic (exact) mass is 449 g/mol. The van der Waals surface area contributed by atoms with E-state index in [1.807, 2.05) is 38.2 Å². The maximum Gasteiger partial charge on any atom is 0.165 e. The number of benzene rings is 1. The summed E-state index contributed by atoms with van der Waals surface area (Å²) in [6.07, 6.45) is 4.90. The summed E-state index contributed by atoms with van der Waals surface area (Å²) in [7, 11) is 1.97. The van der Waals surface area contributed by atoms with Gasteiger partial charge in [0.25, 0.3) is 0 Å². The second kappa shape index (κ2) is 11.7. The molecule has 3 aromatic rings. The van der Waals surface area contributed by atoms with E-state index < -0.39 is 6.29 Å². The Bertz CT molecular complexity index is 1130. The van der Waals surface area contributed by atoms with E-state index in [-0.39, 0.29) is 24.5 Å². The Balaban J connectivity index is 1.62. The number of aromatic nitrogens is 2. The fourth-order valence-corrected chi connectivity index (χ4v) is 4.22. The van der Waals surface area contributed by atoms with Crippen molar-refractivity contribution >= 4 is 16.7 Å². The van der Waals surface area contributed by atoms with Crippen molar-refractivity contribution in [2.45, 2.75) is 51.9 Å². The highest BCUT2D eigenvalue weighted by Crippen LogP contribution is 2.28. The first-order chi connectivity index (χ1) is 15.9. The molecule has 1 aromatic carbocycles. The number of hydrogen-bond acceptors (Lipinski definition) is 6. The van der Waals surface area contributed by atoms with Crippen LogP contribution in [0.2, 0.25) is 0 Å². The van der Waals surface area contributed by atoms with Crippen molar-refractivity contribution in [3.8, 4) is 6.07 Å². The highest BCUT2D eigenvalue weighted by atomic mass is 16.5. The van der Waals surface area contributed by atoms with E-state index in [1.165, 1.54) is 0 Å². The molecule has 0 spiro atoms. The Morgan fingerprint density at radius 1 is 1.27 bits per heavy atom. The number of carbonyl (C=O) groups excluding carboxylic acids is 1. The van der Waals surface area contributed by atoms with E-state index in [0.717, 1.165) is 41.4 Å². The van der Waals surface area contributed by atoms with Crippen LogP contribution in [0.3, 0.4) is 0 Å². The second-order valence-electron chi connectivity index (χ2n) is 8.54. The summed E-state index contributed by atoms with van der Waals surface area (Å²) in [5.74, 6) is -0.129. The number of carbonyl (C=O) groups is 1. The van der Waals surface area contributed by atoms with Crippen LogP contribution in [0.15, 0.2) is 42.7 Å². The largest absolute Gasteiger partial charge is 0.377 e. The minimum absolute atomic E-state index is 0.00498. The van der Waals surface area contributed by atoms with E-state index in [9.17, 15) is 15.0 Å². The molecule has 0 bridgehead atoms. The number of fused-ring (bicyclic) bond motifs is 1. The summed E-state index contributed by atoms with van der Waals surface area (Å²) in [4.78, 5) is 17.4. The van der Waals surface area contributed by atoms with Crippen LogP contribution in [0.1, 0.15) is 59.8 Å². The molecule has 2 heterocycles. The quantitative estimate of drug-likeness (QED) is 0.247. The Morgan fingerprint density at radius 3 is 2.85 bits per heavy atom. The van der Waals surface area contributed by atoms with Gasteiger partial charge in [0, 0.05) is 55.5 Å². The molecule has 0 saturated carbocycles. The van der Waals surface area contributed by atoms with Crippen LogP contribution in [0.4, 0.5) is 0 Å². The van der Waals surface area contributed by atoms with Crippen LogP contribution in [0, 0.1) is 17.2 Å². The van der Waals surface area contributed by atoms with Gasteiger partial charge in [-0.3, -0.25) is 9.78 Å². The number of aliphatic hydroxyl groups is 2. The molecular formula is C26H31N3O4. The van der Waals surface area contributed by atoms with Gasteiger partial charge in [0.15, 0.2) is 12.1 Å². The summed E-state index contributed by atoms with van der Waals surface area (Å²) >= 11 is 0. The first-order valence-corrected chi connectivity index (χ1v) is 11.3. The number of ketones is 1. The lowest BCUT2D eigenvalue weighted by Gasteiger charge is -2.13. The predicted octanol–water partition coefficient (Wildman–Crippen LogP) is 3.89. The number of unbranched alkanes of at least 4 members (excludes halogenated alkanes) is 1. The van der Waals surface area contributed by atoms with Crippen molar-refractivity contribution in [3.05, 3.63) is 65.1 Å². The molecule has 174 valence electrons. The van der Waals surface area contributed by atoms with Gasteiger partial charge in [-0.25, -0.2) is 0 Å². The first-order valence-electron chi connectivity index (χ1n) is 11.3. The summed E-state index contributed by atoms with van der Waals surface area (Å²) < 4.78 is 7.83. The van der Waals surface area contributed by atoms with Gasteiger partial charge < -0.3 is 19.5 Å². The summed E-state index contributed by atoms with van der Waals surface area (Å²) in [5.41, 5.74) is 4.23. The molecule has 2 N–H and O–H groups in total. The number of nitriles is 1. The lowest BCUT2D eigenvalue weighted by Crippen LogP contribution is -2.15. The summed E-state index contributed by atoms with van der Waals surface area (Å²) in [5, 5.41) is 28.3. The van der Waals surface area contributed by atoms with E-state index in [2.05, 4.69) is 15.6 Å². The van der Waals surface area contributed by atoms with E-state index >= 15 is 0 Å². The third-order valence-corrected chi connectivity index (χ3v) is 5.83. The molecular weight excluding hydrogens is 418 g/mol. The third kappa shape index (κ3) is 6.48.